The second-order valence-electron chi connectivity index (χ2n) is 5.01. The van der Waals surface area contributed by atoms with E-state index in [0.29, 0.717) is 11.1 Å². The van der Waals surface area contributed by atoms with Crippen molar-refractivity contribution in [2.45, 2.75) is 11.8 Å². The van der Waals surface area contributed by atoms with Gasteiger partial charge in [-0.25, -0.2) is 13.1 Å². The van der Waals surface area contributed by atoms with Crippen LogP contribution in [0.15, 0.2) is 57.2 Å². The van der Waals surface area contributed by atoms with Crippen molar-refractivity contribution < 1.29 is 13.2 Å². The summed E-state index contributed by atoms with van der Waals surface area (Å²) in [6, 6.07) is 11.7. The molecular formula is C16H12BrNO3S2. The molecule has 0 spiro atoms. The van der Waals surface area contributed by atoms with Crippen LogP contribution in [0.4, 0.5) is 0 Å². The number of carbonyl (C=O) groups excluding carboxylic acids is 1. The van der Waals surface area contributed by atoms with Gasteiger partial charge < -0.3 is 0 Å². The van der Waals surface area contributed by atoms with Crippen molar-refractivity contribution in [3.63, 3.8) is 0 Å². The van der Waals surface area contributed by atoms with E-state index in [4.69, 9.17) is 0 Å². The van der Waals surface area contributed by atoms with E-state index >= 15 is 0 Å². The van der Waals surface area contributed by atoms with E-state index in [1.807, 2.05) is 11.4 Å². The Morgan fingerprint density at radius 3 is 2.65 bits per heavy atom. The fourth-order valence-corrected chi connectivity index (χ4v) is 4.48. The molecule has 1 aromatic heterocycles. The molecule has 118 valence electrons. The number of sulfonamides is 1. The van der Waals surface area contributed by atoms with Crippen molar-refractivity contribution in [2.75, 3.05) is 0 Å². The minimum atomic E-state index is -3.91. The summed E-state index contributed by atoms with van der Waals surface area (Å²) in [6.45, 7) is 1.75. The summed E-state index contributed by atoms with van der Waals surface area (Å²) in [6.07, 6.45) is 0. The van der Waals surface area contributed by atoms with Gasteiger partial charge >= 0.3 is 0 Å². The van der Waals surface area contributed by atoms with Gasteiger partial charge in [-0.1, -0.05) is 15.9 Å². The number of nitrogens with one attached hydrogen (secondary N) is 1. The zero-order chi connectivity index (χ0) is 16.6. The number of thiophene rings is 1. The van der Waals surface area contributed by atoms with Gasteiger partial charge in [-0.3, -0.25) is 4.79 Å². The van der Waals surface area contributed by atoms with Gasteiger partial charge in [0, 0.05) is 14.7 Å². The normalized spacial score (nSPS) is 11.6. The first-order chi connectivity index (χ1) is 10.9. The van der Waals surface area contributed by atoms with Gasteiger partial charge in [0.2, 0.25) is 0 Å². The molecule has 0 fully saturated rings. The molecule has 0 aliphatic rings. The molecule has 0 saturated carbocycles. The van der Waals surface area contributed by atoms with E-state index in [-0.39, 0.29) is 4.90 Å². The molecule has 0 radical (unpaired) electrons. The Hall–Kier alpha value is -1.70. The Morgan fingerprint density at radius 1 is 1.13 bits per heavy atom. The SMILES string of the molecule is Cc1cc(Br)ccc1C(=O)NS(=O)(=O)c1ccc2sccc2c1. The lowest BCUT2D eigenvalue weighted by atomic mass is 10.1. The summed E-state index contributed by atoms with van der Waals surface area (Å²) in [5.74, 6) is -0.639. The zero-order valence-electron chi connectivity index (χ0n) is 12.0. The first-order valence-corrected chi connectivity index (χ1v) is 9.83. The number of fused-ring (bicyclic) bond motifs is 1. The van der Waals surface area contributed by atoms with Crippen molar-refractivity contribution in [2.24, 2.45) is 0 Å². The maximum absolute atomic E-state index is 12.4. The van der Waals surface area contributed by atoms with Crippen LogP contribution in [0.3, 0.4) is 0 Å². The molecule has 0 bridgehead atoms. The first-order valence-electron chi connectivity index (χ1n) is 6.67. The predicted molar refractivity (Wildman–Crippen MR) is 95.4 cm³/mol. The third-order valence-electron chi connectivity index (χ3n) is 3.39. The molecule has 1 heterocycles. The smallest absolute Gasteiger partial charge is 0.265 e. The maximum atomic E-state index is 12.4. The minimum absolute atomic E-state index is 0.0755. The Morgan fingerprint density at radius 2 is 1.91 bits per heavy atom. The Labute approximate surface area is 146 Å². The molecule has 0 atom stereocenters. The largest absolute Gasteiger partial charge is 0.268 e. The number of aryl methyl sites for hydroxylation is 1. The number of carbonyl (C=O) groups is 1. The molecule has 0 aliphatic heterocycles. The van der Waals surface area contributed by atoms with Crippen molar-refractivity contribution in [1.29, 1.82) is 0 Å². The lowest BCUT2D eigenvalue weighted by Gasteiger charge is -2.09. The van der Waals surface area contributed by atoms with Crippen LogP contribution in [0.25, 0.3) is 10.1 Å². The van der Waals surface area contributed by atoms with Gasteiger partial charge in [0.1, 0.15) is 0 Å². The van der Waals surface area contributed by atoms with E-state index in [0.717, 1.165) is 14.6 Å². The highest BCUT2D eigenvalue weighted by molar-refractivity contribution is 9.10. The van der Waals surface area contributed by atoms with E-state index < -0.39 is 15.9 Å². The molecule has 0 unspecified atom stereocenters. The first kappa shape index (κ1) is 16.2. The van der Waals surface area contributed by atoms with Crippen LogP contribution in [-0.4, -0.2) is 14.3 Å². The summed E-state index contributed by atoms with van der Waals surface area (Å²) in [7, 11) is -3.91. The molecule has 4 nitrogen and oxygen atoms in total. The number of halogens is 1. The van der Waals surface area contributed by atoms with E-state index in [2.05, 4.69) is 20.7 Å². The molecule has 23 heavy (non-hydrogen) atoms. The van der Waals surface area contributed by atoms with Gasteiger partial charge in [0.15, 0.2) is 0 Å². The third-order valence-corrected chi connectivity index (χ3v) is 6.11. The van der Waals surface area contributed by atoms with Gasteiger partial charge in [-0.05, 0) is 65.7 Å². The molecule has 1 amide bonds. The summed E-state index contributed by atoms with van der Waals surface area (Å²) in [5, 5.41) is 2.73. The number of amides is 1. The Balaban J connectivity index is 1.92. The van der Waals surface area contributed by atoms with Crippen molar-refractivity contribution >= 4 is 53.3 Å². The quantitative estimate of drug-likeness (QED) is 0.708. The zero-order valence-corrected chi connectivity index (χ0v) is 15.3. The Bertz CT molecular complexity index is 1010. The summed E-state index contributed by atoms with van der Waals surface area (Å²) in [4.78, 5) is 12.4. The number of benzene rings is 2. The minimum Gasteiger partial charge on any atom is -0.268 e. The van der Waals surface area contributed by atoms with Crippen molar-refractivity contribution in [3.8, 4) is 0 Å². The van der Waals surface area contributed by atoms with E-state index in [9.17, 15) is 13.2 Å². The van der Waals surface area contributed by atoms with E-state index in [1.165, 1.54) is 17.4 Å². The molecule has 2 aromatic carbocycles. The second kappa shape index (κ2) is 6.07. The second-order valence-corrected chi connectivity index (χ2v) is 8.56. The molecule has 7 heteroatoms. The van der Waals surface area contributed by atoms with Crippen LogP contribution >= 0.6 is 27.3 Å². The van der Waals surface area contributed by atoms with Gasteiger partial charge in [0.25, 0.3) is 15.9 Å². The van der Waals surface area contributed by atoms with Gasteiger partial charge in [-0.2, -0.15) is 0 Å². The van der Waals surface area contributed by atoms with Crippen LogP contribution in [-0.2, 0) is 10.0 Å². The average Bonchev–Trinajstić information content (AvgIpc) is 2.93. The Kier molecular flexibility index (Phi) is 4.27. The molecule has 3 rings (SSSR count). The fourth-order valence-electron chi connectivity index (χ4n) is 2.23. The number of hydrogen-bond donors (Lipinski definition) is 1. The highest BCUT2D eigenvalue weighted by Crippen LogP contribution is 2.24. The topological polar surface area (TPSA) is 63.2 Å². The van der Waals surface area contributed by atoms with Crippen LogP contribution < -0.4 is 4.72 Å². The average molecular weight is 410 g/mol. The highest BCUT2D eigenvalue weighted by atomic mass is 79.9. The standard InChI is InChI=1S/C16H12BrNO3S2/c1-10-8-12(17)2-4-14(10)16(19)18-23(20,21)13-3-5-15-11(9-13)6-7-22-15/h2-9H,1H3,(H,18,19). The summed E-state index contributed by atoms with van der Waals surface area (Å²) >= 11 is 4.85. The molecule has 0 aliphatic carbocycles. The fraction of sp³-hybridized carbons (Fsp3) is 0.0625. The lowest BCUT2D eigenvalue weighted by Crippen LogP contribution is -2.31. The van der Waals surface area contributed by atoms with Gasteiger partial charge in [-0.15, -0.1) is 11.3 Å². The lowest BCUT2D eigenvalue weighted by molar-refractivity contribution is 0.0981. The predicted octanol–water partition coefficient (Wildman–Crippen LogP) is 4.09. The van der Waals surface area contributed by atoms with E-state index in [1.54, 1.807) is 37.3 Å². The van der Waals surface area contributed by atoms with Gasteiger partial charge in [0.05, 0.1) is 4.90 Å². The highest BCUT2D eigenvalue weighted by Gasteiger charge is 2.20. The maximum Gasteiger partial charge on any atom is 0.265 e. The third kappa shape index (κ3) is 3.31. The van der Waals surface area contributed by atoms with Crippen molar-refractivity contribution in [1.82, 2.24) is 4.72 Å². The summed E-state index contributed by atoms with van der Waals surface area (Å²) < 4.78 is 28.8. The van der Waals surface area contributed by atoms with Crippen LogP contribution in [0.5, 0.6) is 0 Å². The number of rotatable bonds is 3. The van der Waals surface area contributed by atoms with Crippen LogP contribution in [0.2, 0.25) is 0 Å². The summed E-state index contributed by atoms with van der Waals surface area (Å²) in [5.41, 5.74) is 1.02. The molecular weight excluding hydrogens is 398 g/mol. The number of hydrogen-bond acceptors (Lipinski definition) is 4. The molecule has 3 aromatic rings. The van der Waals surface area contributed by atoms with Crippen molar-refractivity contribution in [3.05, 3.63) is 63.4 Å². The molecule has 0 saturated heterocycles. The molecule has 1 N–H and O–H groups in total. The monoisotopic (exact) mass is 409 g/mol. The van der Waals surface area contributed by atoms with Crippen LogP contribution in [0, 0.1) is 6.92 Å². The van der Waals surface area contributed by atoms with Crippen LogP contribution in [0.1, 0.15) is 15.9 Å².